The highest BCUT2D eigenvalue weighted by atomic mass is 127. The molecule has 3 N–H and O–H groups in total. The summed E-state index contributed by atoms with van der Waals surface area (Å²) in [6.45, 7) is 6.30. The van der Waals surface area contributed by atoms with Gasteiger partial charge in [-0.3, -0.25) is 4.90 Å². The van der Waals surface area contributed by atoms with E-state index in [2.05, 4.69) is 22.1 Å². The van der Waals surface area contributed by atoms with Crippen LogP contribution in [0.25, 0.3) is 0 Å². The minimum Gasteiger partial charge on any atom is -0.370 e. The first kappa shape index (κ1) is 22.1. The lowest BCUT2D eigenvalue weighted by Crippen LogP contribution is -2.42. The maximum atomic E-state index is 13.8. The van der Waals surface area contributed by atoms with Crippen LogP contribution < -0.4 is 11.1 Å². The maximum absolute atomic E-state index is 13.8. The number of nitrogens with two attached hydrogens (primary N) is 1. The van der Waals surface area contributed by atoms with E-state index >= 15 is 0 Å². The molecule has 1 aromatic carbocycles. The molecule has 0 saturated carbocycles. The van der Waals surface area contributed by atoms with Crippen molar-refractivity contribution in [1.82, 2.24) is 15.1 Å². The van der Waals surface area contributed by atoms with Crippen molar-refractivity contribution in [3.05, 3.63) is 35.1 Å². The topological polar surface area (TPSA) is 56.9 Å². The predicted octanol–water partition coefficient (Wildman–Crippen LogP) is 2.39. The Bertz CT molecular complexity index is 564. The van der Waals surface area contributed by atoms with Crippen molar-refractivity contribution < 1.29 is 4.39 Å². The Morgan fingerprint density at radius 1 is 1.44 bits per heavy atom. The van der Waals surface area contributed by atoms with Crippen LogP contribution in [0.4, 0.5) is 4.39 Å². The second-order valence-electron chi connectivity index (χ2n) is 6.67. The van der Waals surface area contributed by atoms with Crippen LogP contribution in [0.2, 0.25) is 0 Å². The molecule has 1 unspecified atom stereocenters. The van der Waals surface area contributed by atoms with Crippen molar-refractivity contribution in [2.45, 2.75) is 38.9 Å². The summed E-state index contributed by atoms with van der Waals surface area (Å²) in [6, 6.07) is 5.68. The van der Waals surface area contributed by atoms with E-state index in [4.69, 9.17) is 5.73 Å². The van der Waals surface area contributed by atoms with Gasteiger partial charge in [-0.15, -0.1) is 24.0 Å². The molecule has 0 amide bonds. The Morgan fingerprint density at radius 3 is 2.88 bits per heavy atom. The fraction of sp³-hybridized carbons (Fsp3) is 0.611. The van der Waals surface area contributed by atoms with Crippen molar-refractivity contribution in [3.8, 4) is 0 Å². The number of benzene rings is 1. The molecule has 1 aliphatic rings. The zero-order valence-electron chi connectivity index (χ0n) is 15.5. The molecule has 142 valence electrons. The van der Waals surface area contributed by atoms with Crippen LogP contribution in [0.1, 0.15) is 30.9 Å². The molecule has 0 aliphatic carbocycles. The zero-order chi connectivity index (χ0) is 17.5. The van der Waals surface area contributed by atoms with Crippen molar-refractivity contribution in [1.29, 1.82) is 0 Å². The van der Waals surface area contributed by atoms with E-state index in [0.29, 0.717) is 30.7 Å². The van der Waals surface area contributed by atoms with Crippen molar-refractivity contribution in [2.24, 2.45) is 10.7 Å². The summed E-state index contributed by atoms with van der Waals surface area (Å²) in [4.78, 5) is 8.80. The Labute approximate surface area is 167 Å². The van der Waals surface area contributed by atoms with Crippen LogP contribution in [0.3, 0.4) is 0 Å². The van der Waals surface area contributed by atoms with E-state index in [9.17, 15) is 4.39 Å². The highest BCUT2D eigenvalue weighted by molar-refractivity contribution is 14.0. The fourth-order valence-corrected chi connectivity index (χ4v) is 3.19. The molecule has 0 aromatic heterocycles. The Kier molecular flexibility index (Phi) is 9.66. The summed E-state index contributed by atoms with van der Waals surface area (Å²) in [5.74, 6) is 0.278. The third-order valence-electron chi connectivity index (χ3n) is 4.45. The Hall–Kier alpha value is -0.930. The van der Waals surface area contributed by atoms with Crippen molar-refractivity contribution >= 4 is 29.9 Å². The molecule has 7 heteroatoms. The average Bonchev–Trinajstić information content (AvgIpc) is 3.00. The monoisotopic (exact) mass is 463 g/mol. The lowest BCUT2D eigenvalue weighted by atomic mass is 10.1. The number of nitrogens with one attached hydrogen (secondary N) is 1. The standard InChI is InChI=1S/C18H30FN5.HI/c1-4-24-9-5-6-16(24)12-22-18(20)21-11-14-7-8-17(19)15(10-14)13-23(2)3;/h7-8,10,16H,4-6,9,11-13H2,1-3H3,(H3,20,21,22);1H. The molecule has 0 bridgehead atoms. The highest BCUT2D eigenvalue weighted by Gasteiger charge is 2.22. The van der Waals surface area contributed by atoms with Crippen LogP contribution in [0, 0.1) is 5.82 Å². The number of guanidine groups is 1. The predicted molar refractivity (Wildman–Crippen MR) is 113 cm³/mol. The van der Waals surface area contributed by atoms with Gasteiger partial charge in [0, 0.05) is 24.7 Å². The minimum absolute atomic E-state index is 0. The minimum atomic E-state index is -0.177. The summed E-state index contributed by atoms with van der Waals surface area (Å²) < 4.78 is 13.8. The van der Waals surface area contributed by atoms with E-state index < -0.39 is 0 Å². The van der Waals surface area contributed by atoms with E-state index in [0.717, 1.165) is 18.7 Å². The molecule has 1 saturated heterocycles. The molecule has 0 radical (unpaired) electrons. The molecular weight excluding hydrogens is 432 g/mol. The first-order valence-corrected chi connectivity index (χ1v) is 8.69. The van der Waals surface area contributed by atoms with Gasteiger partial charge in [0.25, 0.3) is 0 Å². The molecule has 1 heterocycles. The van der Waals surface area contributed by atoms with Gasteiger partial charge < -0.3 is 16.0 Å². The number of nitrogens with zero attached hydrogens (tertiary/aromatic N) is 3. The summed E-state index contributed by atoms with van der Waals surface area (Å²) >= 11 is 0. The first-order valence-electron chi connectivity index (χ1n) is 8.69. The molecule has 1 fully saturated rings. The number of hydrogen-bond acceptors (Lipinski definition) is 3. The largest absolute Gasteiger partial charge is 0.370 e. The summed E-state index contributed by atoms with van der Waals surface area (Å²) in [7, 11) is 3.85. The van der Waals surface area contributed by atoms with Crippen LogP contribution in [-0.4, -0.2) is 55.5 Å². The van der Waals surface area contributed by atoms with Crippen LogP contribution in [-0.2, 0) is 13.1 Å². The molecular formula is C18H31FIN5. The van der Waals surface area contributed by atoms with Crippen molar-refractivity contribution in [2.75, 3.05) is 33.7 Å². The van der Waals surface area contributed by atoms with Gasteiger partial charge in [-0.25, -0.2) is 9.38 Å². The van der Waals surface area contributed by atoms with Gasteiger partial charge in [-0.05, 0) is 57.7 Å². The number of rotatable bonds is 7. The lowest BCUT2D eigenvalue weighted by molar-refractivity contribution is 0.267. The highest BCUT2D eigenvalue weighted by Crippen LogP contribution is 2.15. The normalized spacial score (nSPS) is 18.4. The second kappa shape index (κ2) is 10.9. The van der Waals surface area contributed by atoms with E-state index in [1.165, 1.54) is 25.5 Å². The molecule has 2 rings (SSSR count). The zero-order valence-corrected chi connectivity index (χ0v) is 17.8. The fourth-order valence-electron chi connectivity index (χ4n) is 3.19. The van der Waals surface area contributed by atoms with Crippen LogP contribution in [0.15, 0.2) is 23.2 Å². The first-order chi connectivity index (χ1) is 11.5. The van der Waals surface area contributed by atoms with Gasteiger partial charge >= 0.3 is 0 Å². The number of aliphatic imine (C=N–C) groups is 1. The summed E-state index contributed by atoms with van der Waals surface area (Å²) in [6.07, 6.45) is 2.46. The third-order valence-corrected chi connectivity index (χ3v) is 4.45. The van der Waals surface area contributed by atoms with Crippen LogP contribution in [0.5, 0.6) is 0 Å². The van der Waals surface area contributed by atoms with E-state index in [1.54, 1.807) is 6.07 Å². The number of hydrogen-bond donors (Lipinski definition) is 2. The Morgan fingerprint density at radius 2 is 2.20 bits per heavy atom. The summed E-state index contributed by atoms with van der Waals surface area (Å²) in [5.41, 5.74) is 7.62. The van der Waals surface area contributed by atoms with Gasteiger partial charge in [0.15, 0.2) is 5.96 Å². The molecule has 5 nitrogen and oxygen atoms in total. The molecule has 1 aliphatic heterocycles. The van der Waals surface area contributed by atoms with E-state index in [1.807, 2.05) is 25.1 Å². The molecule has 0 spiro atoms. The second-order valence-corrected chi connectivity index (χ2v) is 6.67. The van der Waals surface area contributed by atoms with Gasteiger partial charge in [0.05, 0.1) is 6.54 Å². The quantitative estimate of drug-likeness (QED) is 0.371. The van der Waals surface area contributed by atoms with Crippen LogP contribution >= 0.6 is 24.0 Å². The smallest absolute Gasteiger partial charge is 0.188 e. The SMILES string of the molecule is CCN1CCCC1CNC(N)=NCc1ccc(F)c(CN(C)C)c1.I. The van der Waals surface area contributed by atoms with E-state index in [-0.39, 0.29) is 29.8 Å². The van der Waals surface area contributed by atoms with Gasteiger partial charge in [-0.2, -0.15) is 0 Å². The molecule has 25 heavy (non-hydrogen) atoms. The van der Waals surface area contributed by atoms with Gasteiger partial charge in [-0.1, -0.05) is 13.0 Å². The van der Waals surface area contributed by atoms with Crippen molar-refractivity contribution in [3.63, 3.8) is 0 Å². The Balaban J connectivity index is 0.00000312. The third kappa shape index (κ3) is 7.07. The number of likely N-dealkylation sites (N-methyl/N-ethyl adjacent to an activating group) is 1. The average molecular weight is 463 g/mol. The van der Waals surface area contributed by atoms with Gasteiger partial charge in [0.2, 0.25) is 0 Å². The van der Waals surface area contributed by atoms with Gasteiger partial charge in [0.1, 0.15) is 5.82 Å². The lowest BCUT2D eigenvalue weighted by Gasteiger charge is -2.23. The number of likely N-dealkylation sites (tertiary alicyclic amines) is 1. The maximum Gasteiger partial charge on any atom is 0.188 e. The molecule has 1 atom stereocenters. The summed E-state index contributed by atoms with van der Waals surface area (Å²) in [5, 5.41) is 3.22. The number of halogens is 2. The molecule has 1 aromatic rings.